The predicted molar refractivity (Wildman–Crippen MR) is 76.8 cm³/mol. The van der Waals surface area contributed by atoms with Crippen LogP contribution in [0.2, 0.25) is 0 Å². The van der Waals surface area contributed by atoms with Gasteiger partial charge in [-0.05, 0) is 43.4 Å². The number of nitrogens with two attached hydrogens (primary N) is 1. The second kappa shape index (κ2) is 5.43. The molecule has 1 aliphatic heterocycles. The van der Waals surface area contributed by atoms with E-state index in [1.54, 1.807) is 0 Å². The minimum absolute atomic E-state index is 0.213. The summed E-state index contributed by atoms with van der Waals surface area (Å²) in [5.74, 6) is 1.76. The van der Waals surface area contributed by atoms with Gasteiger partial charge < -0.3 is 10.5 Å². The van der Waals surface area contributed by atoms with Gasteiger partial charge >= 0.3 is 0 Å². The SMILES string of the molecule is NC1=NN=CC(c2cccc(OC3CCCC3)c2)C1. The first-order chi connectivity index (χ1) is 9.31. The summed E-state index contributed by atoms with van der Waals surface area (Å²) in [4.78, 5) is 0. The van der Waals surface area contributed by atoms with E-state index in [2.05, 4.69) is 22.3 Å². The molecule has 1 fully saturated rings. The van der Waals surface area contributed by atoms with Gasteiger partial charge in [0.2, 0.25) is 0 Å². The lowest BCUT2D eigenvalue weighted by atomic mass is 9.96. The molecule has 0 bridgehead atoms. The van der Waals surface area contributed by atoms with Crippen molar-refractivity contribution >= 4 is 12.1 Å². The summed E-state index contributed by atoms with van der Waals surface area (Å²) >= 11 is 0. The van der Waals surface area contributed by atoms with Crippen molar-refractivity contribution in [1.29, 1.82) is 0 Å². The van der Waals surface area contributed by atoms with E-state index in [0.717, 1.165) is 12.2 Å². The van der Waals surface area contributed by atoms with Crippen LogP contribution < -0.4 is 10.5 Å². The Balaban J connectivity index is 1.72. The maximum atomic E-state index is 6.03. The molecule has 1 heterocycles. The summed E-state index contributed by atoms with van der Waals surface area (Å²) in [6.07, 6.45) is 7.89. The molecule has 1 unspecified atom stereocenters. The van der Waals surface area contributed by atoms with Crippen LogP contribution in [0.3, 0.4) is 0 Å². The number of nitrogens with zero attached hydrogens (tertiary/aromatic N) is 2. The minimum Gasteiger partial charge on any atom is -0.490 e. The molecule has 2 aliphatic rings. The van der Waals surface area contributed by atoms with E-state index in [4.69, 9.17) is 10.5 Å². The van der Waals surface area contributed by atoms with Gasteiger partial charge in [0.25, 0.3) is 0 Å². The van der Waals surface area contributed by atoms with Gasteiger partial charge in [-0.25, -0.2) is 0 Å². The average Bonchev–Trinajstić information content (AvgIpc) is 2.92. The molecule has 4 heteroatoms. The second-order valence-corrected chi connectivity index (χ2v) is 5.26. The standard InChI is InChI=1S/C15H19N3O/c16-15-9-12(10-17-18-15)11-4-3-7-14(8-11)19-13-5-1-2-6-13/h3-4,7-8,10,12-13H,1-2,5-6,9H2,(H2,16,18). The molecule has 1 aliphatic carbocycles. The molecule has 1 atom stereocenters. The lowest BCUT2D eigenvalue weighted by Gasteiger charge is -2.17. The average molecular weight is 257 g/mol. The molecule has 1 saturated carbocycles. The van der Waals surface area contributed by atoms with Crippen molar-refractivity contribution in [2.45, 2.75) is 44.1 Å². The quantitative estimate of drug-likeness (QED) is 0.905. The molecule has 0 saturated heterocycles. The number of hydrogen-bond donors (Lipinski definition) is 1. The Kier molecular flexibility index (Phi) is 3.49. The Morgan fingerprint density at radius 2 is 2.05 bits per heavy atom. The largest absolute Gasteiger partial charge is 0.490 e. The van der Waals surface area contributed by atoms with Crippen molar-refractivity contribution in [3.8, 4) is 5.75 Å². The summed E-state index contributed by atoms with van der Waals surface area (Å²) in [6.45, 7) is 0. The first-order valence-corrected chi connectivity index (χ1v) is 6.93. The number of ether oxygens (including phenoxy) is 1. The highest BCUT2D eigenvalue weighted by Crippen LogP contribution is 2.27. The van der Waals surface area contributed by atoms with Crippen LogP contribution in [0.4, 0.5) is 0 Å². The third kappa shape index (κ3) is 2.95. The van der Waals surface area contributed by atoms with E-state index in [-0.39, 0.29) is 5.92 Å². The molecule has 0 spiro atoms. The second-order valence-electron chi connectivity index (χ2n) is 5.26. The molecule has 100 valence electrons. The van der Waals surface area contributed by atoms with Crippen LogP contribution >= 0.6 is 0 Å². The summed E-state index contributed by atoms with van der Waals surface area (Å²) in [5.41, 5.74) is 6.93. The first-order valence-electron chi connectivity index (χ1n) is 6.93. The zero-order valence-electron chi connectivity index (χ0n) is 11.0. The number of rotatable bonds is 3. The van der Waals surface area contributed by atoms with Crippen LogP contribution in [0, 0.1) is 0 Å². The molecule has 3 rings (SSSR count). The zero-order valence-corrected chi connectivity index (χ0v) is 11.0. The van der Waals surface area contributed by atoms with Crippen molar-refractivity contribution in [1.82, 2.24) is 0 Å². The fourth-order valence-corrected chi connectivity index (χ4v) is 2.73. The Hall–Kier alpha value is -1.84. The van der Waals surface area contributed by atoms with Crippen molar-refractivity contribution in [3.05, 3.63) is 29.8 Å². The topological polar surface area (TPSA) is 60.0 Å². The van der Waals surface area contributed by atoms with Crippen LogP contribution in [-0.2, 0) is 0 Å². The Morgan fingerprint density at radius 3 is 2.84 bits per heavy atom. The third-order valence-corrected chi connectivity index (χ3v) is 3.75. The van der Waals surface area contributed by atoms with E-state index >= 15 is 0 Å². The van der Waals surface area contributed by atoms with Crippen LogP contribution in [-0.4, -0.2) is 18.2 Å². The number of amidine groups is 1. The molecular weight excluding hydrogens is 238 g/mol. The van der Waals surface area contributed by atoms with Gasteiger partial charge in [-0.2, -0.15) is 5.10 Å². The van der Waals surface area contributed by atoms with Gasteiger partial charge in [-0.15, -0.1) is 5.10 Å². The molecule has 19 heavy (non-hydrogen) atoms. The van der Waals surface area contributed by atoms with Gasteiger partial charge in [0.05, 0.1) is 6.10 Å². The Bertz CT molecular complexity index is 504. The lowest BCUT2D eigenvalue weighted by molar-refractivity contribution is 0.210. The van der Waals surface area contributed by atoms with Gasteiger partial charge in [-0.1, -0.05) is 12.1 Å². The molecule has 0 amide bonds. The summed E-state index contributed by atoms with van der Waals surface area (Å²) < 4.78 is 6.03. The highest BCUT2D eigenvalue weighted by molar-refractivity contribution is 5.88. The lowest BCUT2D eigenvalue weighted by Crippen LogP contribution is -2.19. The normalized spacial score (nSPS) is 23.4. The Labute approximate surface area is 113 Å². The fourth-order valence-electron chi connectivity index (χ4n) is 2.73. The molecule has 1 aromatic rings. The smallest absolute Gasteiger partial charge is 0.123 e. The summed E-state index contributed by atoms with van der Waals surface area (Å²) in [6, 6.07) is 8.26. The van der Waals surface area contributed by atoms with Crippen LogP contribution in [0.15, 0.2) is 34.5 Å². The van der Waals surface area contributed by atoms with E-state index in [0.29, 0.717) is 11.9 Å². The van der Waals surface area contributed by atoms with E-state index in [9.17, 15) is 0 Å². The molecule has 4 nitrogen and oxygen atoms in total. The maximum absolute atomic E-state index is 6.03. The van der Waals surface area contributed by atoms with Crippen LogP contribution in [0.1, 0.15) is 43.6 Å². The molecule has 2 N–H and O–H groups in total. The van der Waals surface area contributed by atoms with Gasteiger partial charge in [0, 0.05) is 18.6 Å². The molecule has 1 aromatic carbocycles. The van der Waals surface area contributed by atoms with Gasteiger partial charge in [-0.3, -0.25) is 0 Å². The van der Waals surface area contributed by atoms with E-state index < -0.39 is 0 Å². The monoisotopic (exact) mass is 257 g/mol. The highest BCUT2D eigenvalue weighted by Gasteiger charge is 2.18. The van der Waals surface area contributed by atoms with Crippen molar-refractivity contribution < 1.29 is 4.74 Å². The van der Waals surface area contributed by atoms with Crippen LogP contribution in [0.25, 0.3) is 0 Å². The highest BCUT2D eigenvalue weighted by atomic mass is 16.5. The van der Waals surface area contributed by atoms with Crippen molar-refractivity contribution in [2.75, 3.05) is 0 Å². The van der Waals surface area contributed by atoms with Gasteiger partial charge in [0.1, 0.15) is 11.6 Å². The first kappa shape index (κ1) is 12.2. The molecule has 0 radical (unpaired) electrons. The Morgan fingerprint density at radius 1 is 1.21 bits per heavy atom. The van der Waals surface area contributed by atoms with Crippen molar-refractivity contribution in [3.63, 3.8) is 0 Å². The summed E-state index contributed by atoms with van der Waals surface area (Å²) in [7, 11) is 0. The fraction of sp³-hybridized carbons (Fsp3) is 0.467. The molecular formula is C15H19N3O. The number of benzene rings is 1. The van der Waals surface area contributed by atoms with E-state index in [1.807, 2.05) is 18.3 Å². The number of hydrogen-bond acceptors (Lipinski definition) is 4. The van der Waals surface area contributed by atoms with E-state index in [1.165, 1.54) is 31.2 Å². The minimum atomic E-state index is 0.213. The van der Waals surface area contributed by atoms with Gasteiger partial charge in [0.15, 0.2) is 0 Å². The van der Waals surface area contributed by atoms with Crippen LogP contribution in [0.5, 0.6) is 5.75 Å². The zero-order chi connectivity index (χ0) is 13.1. The third-order valence-electron chi connectivity index (χ3n) is 3.75. The van der Waals surface area contributed by atoms with Crippen molar-refractivity contribution in [2.24, 2.45) is 15.9 Å². The summed E-state index contributed by atoms with van der Waals surface area (Å²) in [5, 5.41) is 7.79. The maximum Gasteiger partial charge on any atom is 0.123 e. The predicted octanol–water partition coefficient (Wildman–Crippen LogP) is 2.84. The molecule has 0 aromatic heterocycles.